The van der Waals surface area contributed by atoms with Crippen molar-refractivity contribution in [2.45, 2.75) is 80.6 Å². The predicted molar refractivity (Wildman–Crippen MR) is 160 cm³/mol. The number of aldehydes is 1. The fourth-order valence-electron chi connectivity index (χ4n) is 5.90. The first-order chi connectivity index (χ1) is 19.3. The number of carboxylic acid groups (broad SMARTS) is 1. The van der Waals surface area contributed by atoms with Gasteiger partial charge in [-0.2, -0.15) is 0 Å². The number of hydrogen-bond donors (Lipinski definition) is 1. The summed E-state index contributed by atoms with van der Waals surface area (Å²) in [7, 11) is -3.53. The van der Waals surface area contributed by atoms with Crippen molar-refractivity contribution in [3.63, 3.8) is 0 Å². The number of likely N-dealkylation sites (tertiary alicyclic amines) is 1. The topological polar surface area (TPSA) is 110 Å². The number of aliphatic carboxylic acids is 1. The van der Waals surface area contributed by atoms with E-state index in [1.54, 1.807) is 23.5 Å². The molecule has 2 aliphatic heterocycles. The van der Waals surface area contributed by atoms with E-state index in [1.807, 2.05) is 18.2 Å². The zero-order valence-corrected chi connectivity index (χ0v) is 25.6. The van der Waals surface area contributed by atoms with Crippen molar-refractivity contribution in [1.29, 1.82) is 0 Å². The molecule has 8 nitrogen and oxygen atoms in total. The maximum Gasteiger partial charge on any atom is 0.326 e. The average Bonchev–Trinajstić information content (AvgIpc) is 3.59. The number of hydrogen-bond acceptors (Lipinski definition) is 8. The van der Waals surface area contributed by atoms with E-state index < -0.39 is 31.6 Å². The first-order valence-corrected chi connectivity index (χ1v) is 18.5. The lowest BCUT2D eigenvalue weighted by atomic mass is 9.89. The SMILES string of the molecule is O=CCCOC(OP(=O)(CCCCc1ccccc1)CC(=O)N1CC2(C[C@H]1C(=O)O)SCCS2)C1CCCCC1. The Kier molecular flexibility index (Phi) is 12.0. The molecule has 3 atom stereocenters. The van der Waals surface area contributed by atoms with Gasteiger partial charge in [0, 0.05) is 43.0 Å². The third kappa shape index (κ3) is 8.84. The number of carbonyl (C=O) groups is 3. The molecule has 222 valence electrons. The molecular formula is C29H42NO7PS2. The van der Waals surface area contributed by atoms with Crippen LogP contribution in [0.5, 0.6) is 0 Å². The van der Waals surface area contributed by atoms with Crippen LogP contribution in [0.1, 0.15) is 63.4 Å². The van der Waals surface area contributed by atoms with Crippen molar-refractivity contribution in [1.82, 2.24) is 4.90 Å². The van der Waals surface area contributed by atoms with Crippen LogP contribution in [0, 0.1) is 5.92 Å². The van der Waals surface area contributed by atoms with Crippen LogP contribution in [-0.4, -0.2) is 81.6 Å². The van der Waals surface area contributed by atoms with E-state index in [4.69, 9.17) is 9.26 Å². The molecule has 40 heavy (non-hydrogen) atoms. The number of carboxylic acids is 1. The van der Waals surface area contributed by atoms with Crippen LogP contribution >= 0.6 is 30.9 Å². The van der Waals surface area contributed by atoms with Gasteiger partial charge in [0.1, 0.15) is 18.5 Å². The zero-order chi connectivity index (χ0) is 28.4. The van der Waals surface area contributed by atoms with E-state index in [0.29, 0.717) is 19.4 Å². The molecule has 3 fully saturated rings. The molecule has 1 saturated carbocycles. The number of nitrogens with zero attached hydrogens (tertiary/aromatic N) is 1. The third-order valence-corrected chi connectivity index (χ3v) is 13.8. The second-order valence-electron chi connectivity index (χ2n) is 11.0. The monoisotopic (exact) mass is 611 g/mol. The molecule has 0 radical (unpaired) electrons. The van der Waals surface area contributed by atoms with Gasteiger partial charge in [-0.3, -0.25) is 13.9 Å². The predicted octanol–water partition coefficient (Wildman–Crippen LogP) is 5.68. The van der Waals surface area contributed by atoms with Gasteiger partial charge in [0.15, 0.2) is 6.29 Å². The maximum atomic E-state index is 14.5. The van der Waals surface area contributed by atoms with Crippen molar-refractivity contribution < 1.29 is 33.3 Å². The highest BCUT2D eigenvalue weighted by Gasteiger charge is 2.52. The van der Waals surface area contributed by atoms with Crippen LogP contribution in [0.15, 0.2) is 30.3 Å². The third-order valence-electron chi connectivity index (χ3n) is 7.99. The molecule has 1 aliphatic carbocycles. The lowest BCUT2D eigenvalue weighted by molar-refractivity contribution is -0.147. The van der Waals surface area contributed by atoms with Crippen molar-refractivity contribution in [2.75, 3.05) is 37.0 Å². The summed E-state index contributed by atoms with van der Waals surface area (Å²) < 4.78 is 26.5. The van der Waals surface area contributed by atoms with Gasteiger partial charge < -0.3 is 19.5 Å². The molecule has 0 bridgehead atoms. The molecule has 1 aromatic rings. The summed E-state index contributed by atoms with van der Waals surface area (Å²) in [6.45, 7) is 0.519. The highest BCUT2D eigenvalue weighted by Crippen LogP contribution is 2.54. The number of aryl methyl sites for hydroxylation is 1. The Balaban J connectivity index is 1.48. The number of unbranched alkanes of at least 4 members (excludes halogenated alkanes) is 1. The minimum Gasteiger partial charge on any atom is -0.480 e. The fraction of sp³-hybridized carbons (Fsp3) is 0.690. The molecule has 1 aromatic carbocycles. The summed E-state index contributed by atoms with van der Waals surface area (Å²) in [6, 6.07) is 9.17. The minimum atomic E-state index is -3.53. The molecule has 1 N–H and O–H groups in total. The summed E-state index contributed by atoms with van der Waals surface area (Å²) >= 11 is 3.45. The van der Waals surface area contributed by atoms with E-state index in [1.165, 1.54) is 10.5 Å². The number of benzene rings is 1. The van der Waals surface area contributed by atoms with Crippen molar-refractivity contribution in [3.8, 4) is 0 Å². The van der Waals surface area contributed by atoms with Gasteiger partial charge in [0.05, 0.1) is 10.7 Å². The number of rotatable bonds is 15. The van der Waals surface area contributed by atoms with E-state index in [-0.39, 0.29) is 35.3 Å². The molecule has 2 saturated heterocycles. The van der Waals surface area contributed by atoms with Crippen molar-refractivity contribution in [3.05, 3.63) is 35.9 Å². The van der Waals surface area contributed by atoms with Crippen LogP contribution in [-0.2, 0) is 34.6 Å². The highest BCUT2D eigenvalue weighted by molar-refractivity contribution is 8.21. The van der Waals surface area contributed by atoms with Gasteiger partial charge in [-0.1, -0.05) is 49.6 Å². The smallest absolute Gasteiger partial charge is 0.326 e. The molecule has 2 unspecified atom stereocenters. The second kappa shape index (κ2) is 15.2. The number of thioether (sulfide) groups is 2. The molecule has 1 spiro atoms. The Hall–Kier alpha value is -1.32. The van der Waals surface area contributed by atoms with Gasteiger partial charge in [0.25, 0.3) is 0 Å². The van der Waals surface area contributed by atoms with E-state index in [9.17, 15) is 24.1 Å². The van der Waals surface area contributed by atoms with Crippen LogP contribution in [0.2, 0.25) is 0 Å². The molecule has 4 rings (SSSR count). The molecule has 2 heterocycles. The number of carbonyl (C=O) groups excluding carboxylic acids is 2. The molecule has 1 amide bonds. The summed E-state index contributed by atoms with van der Waals surface area (Å²) in [4.78, 5) is 38.2. The Labute approximate surface area is 246 Å². The van der Waals surface area contributed by atoms with Crippen LogP contribution in [0.4, 0.5) is 0 Å². The van der Waals surface area contributed by atoms with Gasteiger partial charge >= 0.3 is 5.97 Å². The Morgan fingerprint density at radius 1 is 1.12 bits per heavy atom. The zero-order valence-electron chi connectivity index (χ0n) is 23.1. The van der Waals surface area contributed by atoms with Crippen molar-refractivity contribution in [2.24, 2.45) is 5.92 Å². The van der Waals surface area contributed by atoms with Crippen molar-refractivity contribution >= 4 is 49.1 Å². The van der Waals surface area contributed by atoms with E-state index >= 15 is 0 Å². The maximum absolute atomic E-state index is 14.5. The van der Waals surface area contributed by atoms with E-state index in [0.717, 1.165) is 62.7 Å². The van der Waals surface area contributed by atoms with Gasteiger partial charge in [0.2, 0.25) is 13.3 Å². The standard InChI is InChI=1S/C29H42NO7PS2/c31-15-9-16-36-28(24-13-5-2-6-14-24)37-38(35,17-8-7-12-23-10-3-1-4-11-23)21-26(32)30-22-29(39-18-19-40-29)20-25(30)27(33)34/h1,3-4,10-11,15,24-25,28H,2,5-9,12-14,16-22H2,(H,33,34)/t25-,28?,38?/m0/s1. The number of amides is 1. The Morgan fingerprint density at radius 2 is 1.85 bits per heavy atom. The number of ether oxygens (including phenoxy) is 1. The largest absolute Gasteiger partial charge is 0.480 e. The van der Waals surface area contributed by atoms with E-state index in [2.05, 4.69) is 12.1 Å². The minimum absolute atomic E-state index is 0.0567. The van der Waals surface area contributed by atoms with Gasteiger partial charge in [-0.25, -0.2) is 4.79 Å². The quantitative estimate of drug-likeness (QED) is 0.116. The first-order valence-electron chi connectivity index (χ1n) is 14.5. The average molecular weight is 612 g/mol. The molecule has 0 aromatic heterocycles. The Morgan fingerprint density at radius 3 is 2.52 bits per heavy atom. The Bertz CT molecular complexity index is 1030. The summed E-state index contributed by atoms with van der Waals surface area (Å²) in [5.41, 5.74) is 1.20. The second-order valence-corrected chi connectivity index (χ2v) is 16.8. The van der Waals surface area contributed by atoms with Crippen LogP contribution in [0.25, 0.3) is 0 Å². The first kappa shape index (κ1) is 31.6. The summed E-state index contributed by atoms with van der Waals surface area (Å²) in [5.74, 6) is 0.487. The van der Waals surface area contributed by atoms with Gasteiger partial charge in [-0.05, 0) is 37.7 Å². The summed E-state index contributed by atoms with van der Waals surface area (Å²) in [5, 5.41) is 9.93. The molecular weight excluding hydrogens is 569 g/mol. The van der Waals surface area contributed by atoms with Crippen LogP contribution < -0.4 is 0 Å². The molecule has 11 heteroatoms. The highest BCUT2D eigenvalue weighted by atomic mass is 32.2. The summed E-state index contributed by atoms with van der Waals surface area (Å²) in [6.07, 6.45) is 7.79. The van der Waals surface area contributed by atoms with Crippen LogP contribution in [0.3, 0.4) is 0 Å². The lowest BCUT2D eigenvalue weighted by Crippen LogP contribution is -2.42. The molecule has 3 aliphatic rings. The van der Waals surface area contributed by atoms with Gasteiger partial charge in [-0.15, -0.1) is 23.5 Å². The fourth-order valence-corrected chi connectivity index (χ4v) is 11.4. The normalized spacial score (nSPS) is 23.2. The lowest BCUT2D eigenvalue weighted by Gasteiger charge is -2.33.